The number of amides is 1. The number of hydrogen-bond acceptors (Lipinski definition) is 2. The van der Waals surface area contributed by atoms with Crippen molar-refractivity contribution in [1.29, 1.82) is 0 Å². The predicted molar refractivity (Wildman–Crippen MR) is 104 cm³/mol. The number of fused-ring (bicyclic) bond motifs is 1. The number of benzene rings is 1. The Morgan fingerprint density at radius 3 is 2.56 bits per heavy atom. The summed E-state index contributed by atoms with van der Waals surface area (Å²) in [5.74, 6) is 0.277. The first kappa shape index (κ1) is 18.0. The Hall–Kier alpha value is -1.81. The van der Waals surface area contributed by atoms with Gasteiger partial charge in [-0.05, 0) is 51.9 Å². The number of nitrogens with one attached hydrogen (secondary N) is 1. The maximum atomic E-state index is 13.2. The number of nitrogens with zero attached hydrogens (tertiary/aromatic N) is 2. The van der Waals surface area contributed by atoms with Crippen molar-refractivity contribution in [3.63, 3.8) is 0 Å². The van der Waals surface area contributed by atoms with Crippen LogP contribution in [0.4, 0.5) is 0 Å². The summed E-state index contributed by atoms with van der Waals surface area (Å²) in [6.45, 7) is 5.96. The monoisotopic (exact) mass is 341 g/mol. The molecule has 0 saturated heterocycles. The number of hydrogen-bond donors (Lipinski definition) is 1. The van der Waals surface area contributed by atoms with E-state index in [4.69, 9.17) is 0 Å². The highest BCUT2D eigenvalue weighted by Gasteiger charge is 2.27. The molecule has 136 valence electrons. The summed E-state index contributed by atoms with van der Waals surface area (Å²) in [6, 6.07) is 6.76. The third-order valence-corrected chi connectivity index (χ3v) is 5.57. The van der Waals surface area contributed by atoms with E-state index in [0.29, 0.717) is 12.5 Å². The number of aryl methyl sites for hydroxylation is 2. The number of aromatic nitrogens is 1. The highest BCUT2D eigenvalue weighted by atomic mass is 16.2. The fraction of sp³-hybridized carbons (Fsp3) is 0.571. The van der Waals surface area contributed by atoms with Crippen LogP contribution < -0.4 is 0 Å². The fourth-order valence-corrected chi connectivity index (χ4v) is 4.07. The summed E-state index contributed by atoms with van der Waals surface area (Å²) in [7, 11) is 4.15. The van der Waals surface area contributed by atoms with Gasteiger partial charge < -0.3 is 14.8 Å². The molecule has 0 radical (unpaired) electrons. The lowest BCUT2D eigenvalue weighted by atomic mass is 10.0. The SMILES string of the molecule is Cc1[nH]c2c(C)cccc2c1CC(=O)N(CCN(C)C)C1CCCC1. The molecule has 0 aliphatic heterocycles. The van der Waals surface area contributed by atoms with Gasteiger partial charge in [0.2, 0.25) is 5.91 Å². The van der Waals surface area contributed by atoms with E-state index in [1.807, 2.05) is 0 Å². The van der Waals surface area contributed by atoms with Crippen LogP contribution in [0.15, 0.2) is 18.2 Å². The first-order chi connectivity index (χ1) is 12.0. The Balaban J connectivity index is 1.83. The van der Waals surface area contributed by atoms with Gasteiger partial charge in [0.25, 0.3) is 0 Å². The molecule has 1 aliphatic carbocycles. The molecule has 0 atom stereocenters. The van der Waals surface area contributed by atoms with Crippen molar-refractivity contribution in [1.82, 2.24) is 14.8 Å². The zero-order valence-corrected chi connectivity index (χ0v) is 16.1. The molecule has 1 saturated carbocycles. The molecule has 2 aromatic rings. The third-order valence-electron chi connectivity index (χ3n) is 5.57. The minimum absolute atomic E-state index is 0.277. The average molecular weight is 341 g/mol. The molecule has 1 aromatic carbocycles. The minimum atomic E-state index is 0.277. The molecule has 3 rings (SSSR count). The molecule has 1 aliphatic rings. The normalized spacial score (nSPS) is 15.4. The molecule has 0 spiro atoms. The molecule has 1 N–H and O–H groups in total. The van der Waals surface area contributed by atoms with Crippen LogP contribution >= 0.6 is 0 Å². The topological polar surface area (TPSA) is 39.3 Å². The van der Waals surface area contributed by atoms with E-state index in [-0.39, 0.29) is 5.91 Å². The van der Waals surface area contributed by atoms with Gasteiger partial charge in [-0.1, -0.05) is 31.0 Å². The van der Waals surface area contributed by atoms with Crippen LogP contribution in [0.2, 0.25) is 0 Å². The summed E-state index contributed by atoms with van der Waals surface area (Å²) in [4.78, 5) is 21.0. The second kappa shape index (κ2) is 7.61. The smallest absolute Gasteiger partial charge is 0.227 e. The van der Waals surface area contributed by atoms with E-state index in [2.05, 4.69) is 60.9 Å². The molecule has 1 heterocycles. The minimum Gasteiger partial charge on any atom is -0.358 e. The largest absolute Gasteiger partial charge is 0.358 e. The standard InChI is InChI=1S/C21H31N3O/c1-15-8-7-11-18-19(16(2)22-21(15)18)14-20(25)24(13-12-23(3)4)17-9-5-6-10-17/h7-8,11,17,22H,5-6,9-10,12-14H2,1-4H3. The maximum absolute atomic E-state index is 13.2. The number of carbonyl (C=O) groups excluding carboxylic acids is 1. The molecule has 4 heteroatoms. The molecular formula is C21H31N3O. The summed E-state index contributed by atoms with van der Waals surface area (Å²) in [5, 5.41) is 1.20. The molecule has 1 aromatic heterocycles. The van der Waals surface area contributed by atoms with E-state index >= 15 is 0 Å². The second-order valence-electron chi connectivity index (χ2n) is 7.73. The van der Waals surface area contributed by atoms with Crippen LogP contribution in [0.25, 0.3) is 10.9 Å². The van der Waals surface area contributed by atoms with Crippen molar-refractivity contribution < 1.29 is 4.79 Å². The van der Waals surface area contributed by atoms with Gasteiger partial charge in [-0.3, -0.25) is 4.79 Å². The molecule has 1 fully saturated rings. The number of H-pyrrole nitrogens is 1. The maximum Gasteiger partial charge on any atom is 0.227 e. The van der Waals surface area contributed by atoms with Gasteiger partial charge in [-0.2, -0.15) is 0 Å². The Morgan fingerprint density at radius 2 is 1.88 bits per heavy atom. The average Bonchev–Trinajstić information content (AvgIpc) is 3.18. The zero-order chi connectivity index (χ0) is 18.0. The van der Waals surface area contributed by atoms with Crippen molar-refractivity contribution in [2.24, 2.45) is 0 Å². The Bertz CT molecular complexity index is 741. The van der Waals surface area contributed by atoms with Crippen LogP contribution in [-0.4, -0.2) is 53.9 Å². The molecular weight excluding hydrogens is 310 g/mol. The van der Waals surface area contributed by atoms with E-state index in [1.54, 1.807) is 0 Å². The van der Waals surface area contributed by atoms with Crippen LogP contribution in [0.5, 0.6) is 0 Å². The molecule has 25 heavy (non-hydrogen) atoms. The lowest BCUT2D eigenvalue weighted by molar-refractivity contribution is -0.132. The summed E-state index contributed by atoms with van der Waals surface area (Å²) in [6.07, 6.45) is 5.32. The first-order valence-electron chi connectivity index (χ1n) is 9.48. The van der Waals surface area contributed by atoms with Gasteiger partial charge in [0, 0.05) is 35.7 Å². The van der Waals surface area contributed by atoms with Crippen molar-refractivity contribution >= 4 is 16.8 Å². The summed E-state index contributed by atoms with van der Waals surface area (Å²) >= 11 is 0. The van der Waals surface area contributed by atoms with E-state index in [9.17, 15) is 4.79 Å². The molecule has 0 bridgehead atoms. The number of para-hydroxylation sites is 1. The summed E-state index contributed by atoms with van der Waals surface area (Å²) < 4.78 is 0. The number of carbonyl (C=O) groups is 1. The highest BCUT2D eigenvalue weighted by molar-refractivity contribution is 5.91. The Labute approximate surface area is 151 Å². The zero-order valence-electron chi connectivity index (χ0n) is 16.1. The molecule has 1 amide bonds. The molecule has 0 unspecified atom stereocenters. The van der Waals surface area contributed by atoms with Gasteiger partial charge in [0.15, 0.2) is 0 Å². The van der Waals surface area contributed by atoms with Gasteiger partial charge in [0.05, 0.1) is 6.42 Å². The highest BCUT2D eigenvalue weighted by Crippen LogP contribution is 2.28. The van der Waals surface area contributed by atoms with Crippen LogP contribution in [0.1, 0.15) is 42.5 Å². The van der Waals surface area contributed by atoms with Crippen molar-refractivity contribution in [3.05, 3.63) is 35.0 Å². The first-order valence-corrected chi connectivity index (χ1v) is 9.48. The number of aromatic amines is 1. The van der Waals surface area contributed by atoms with Gasteiger partial charge in [-0.15, -0.1) is 0 Å². The van der Waals surface area contributed by atoms with Gasteiger partial charge >= 0.3 is 0 Å². The van der Waals surface area contributed by atoms with Gasteiger partial charge in [-0.25, -0.2) is 0 Å². The fourth-order valence-electron chi connectivity index (χ4n) is 4.07. The quantitative estimate of drug-likeness (QED) is 0.871. The van der Waals surface area contributed by atoms with Crippen molar-refractivity contribution in [2.45, 2.75) is 52.0 Å². The van der Waals surface area contributed by atoms with Crippen LogP contribution in [0, 0.1) is 13.8 Å². The number of rotatable bonds is 6. The van der Waals surface area contributed by atoms with Crippen LogP contribution in [0.3, 0.4) is 0 Å². The van der Waals surface area contributed by atoms with E-state index < -0.39 is 0 Å². The summed E-state index contributed by atoms with van der Waals surface area (Å²) in [5.41, 5.74) is 4.69. The van der Waals surface area contributed by atoms with Crippen molar-refractivity contribution in [2.75, 3.05) is 27.2 Å². The van der Waals surface area contributed by atoms with E-state index in [0.717, 1.165) is 37.2 Å². The predicted octanol–water partition coefficient (Wildman–Crippen LogP) is 3.66. The Kier molecular flexibility index (Phi) is 5.48. The third kappa shape index (κ3) is 3.90. The van der Waals surface area contributed by atoms with Gasteiger partial charge in [0.1, 0.15) is 0 Å². The lowest BCUT2D eigenvalue weighted by Gasteiger charge is -2.30. The number of likely N-dealkylation sites (N-methyl/N-ethyl adjacent to an activating group) is 1. The second-order valence-corrected chi connectivity index (χ2v) is 7.73. The molecule has 4 nitrogen and oxygen atoms in total. The lowest BCUT2D eigenvalue weighted by Crippen LogP contribution is -2.43. The van der Waals surface area contributed by atoms with E-state index in [1.165, 1.54) is 29.3 Å². The Morgan fingerprint density at radius 1 is 1.16 bits per heavy atom. The van der Waals surface area contributed by atoms with Crippen LogP contribution in [-0.2, 0) is 11.2 Å². The van der Waals surface area contributed by atoms with Crippen molar-refractivity contribution in [3.8, 4) is 0 Å².